The molecule has 1 saturated carbocycles. The van der Waals surface area contributed by atoms with Gasteiger partial charge in [0.2, 0.25) is 0 Å². The van der Waals surface area contributed by atoms with Crippen molar-refractivity contribution in [1.29, 1.82) is 0 Å². The lowest BCUT2D eigenvalue weighted by atomic mass is 10.1. The van der Waals surface area contributed by atoms with Gasteiger partial charge in [-0.25, -0.2) is 19.5 Å². The number of hydrogen-bond donors (Lipinski definition) is 3. The molecule has 0 saturated heterocycles. The number of anilines is 1. The molecule has 3 aromatic heterocycles. The average molecular weight is 530 g/mol. The van der Waals surface area contributed by atoms with Crippen molar-refractivity contribution in [2.24, 2.45) is 11.1 Å². The number of benzene rings is 1. The number of alkyl halides is 1. The van der Waals surface area contributed by atoms with Gasteiger partial charge in [-0.05, 0) is 24.6 Å². The smallest absolute Gasteiger partial charge is 0.333 e. The second-order valence-electron chi connectivity index (χ2n) is 8.90. The fourth-order valence-electron chi connectivity index (χ4n) is 4.49. The first-order valence-electron chi connectivity index (χ1n) is 11.4. The van der Waals surface area contributed by atoms with Gasteiger partial charge in [-0.2, -0.15) is 8.42 Å². The van der Waals surface area contributed by atoms with Gasteiger partial charge in [0.15, 0.2) is 5.78 Å². The molecule has 5 rings (SSSR count). The van der Waals surface area contributed by atoms with E-state index in [0.717, 1.165) is 16.7 Å². The highest BCUT2D eigenvalue weighted by molar-refractivity contribution is 7.84. The van der Waals surface area contributed by atoms with Crippen molar-refractivity contribution in [2.45, 2.75) is 31.3 Å². The molecule has 1 fully saturated rings. The van der Waals surface area contributed by atoms with Crippen LogP contribution in [0.15, 0.2) is 65.7 Å². The first kappa shape index (κ1) is 25.0. The normalized spacial score (nSPS) is 21.9. The summed E-state index contributed by atoms with van der Waals surface area (Å²) < 4.78 is 49.1. The molecule has 0 amide bonds. The number of para-hydroxylation sites is 1. The number of rotatable bonds is 9. The first-order valence-corrected chi connectivity index (χ1v) is 12.9. The molecule has 194 valence electrons. The number of carbonyl (C=O) groups is 1. The molecule has 37 heavy (non-hydrogen) atoms. The predicted molar refractivity (Wildman–Crippen MR) is 131 cm³/mol. The molecule has 1 aliphatic rings. The molecule has 0 unspecified atom stereocenters. The van der Waals surface area contributed by atoms with E-state index in [1.807, 2.05) is 34.9 Å². The van der Waals surface area contributed by atoms with E-state index in [1.54, 1.807) is 18.5 Å². The van der Waals surface area contributed by atoms with Crippen LogP contribution in [-0.4, -0.2) is 58.8 Å². The highest BCUT2D eigenvalue weighted by Crippen LogP contribution is 2.32. The number of aromatic nitrogens is 3. The van der Waals surface area contributed by atoms with Gasteiger partial charge < -0.3 is 19.4 Å². The third kappa shape index (κ3) is 5.54. The molecule has 1 aliphatic carbocycles. The van der Waals surface area contributed by atoms with Crippen LogP contribution in [0.3, 0.4) is 0 Å². The molecule has 0 aliphatic heterocycles. The fraction of sp³-hybridized carbons (Fsp3) is 0.292. The maximum atomic E-state index is 14.8. The summed E-state index contributed by atoms with van der Waals surface area (Å²) in [4.78, 5) is 21.3. The molecule has 13 heteroatoms. The van der Waals surface area contributed by atoms with Gasteiger partial charge >= 0.3 is 10.3 Å². The Morgan fingerprint density at radius 2 is 2.14 bits per heavy atom. The van der Waals surface area contributed by atoms with Gasteiger partial charge in [-0.15, -0.1) is 0 Å². The van der Waals surface area contributed by atoms with Crippen LogP contribution < -0.4 is 10.5 Å². The van der Waals surface area contributed by atoms with Crippen LogP contribution in [0.4, 0.5) is 10.2 Å². The molecule has 4 N–H and O–H groups in total. The molecule has 0 spiro atoms. The van der Waals surface area contributed by atoms with Crippen molar-refractivity contribution in [3.05, 3.63) is 78.2 Å². The topological polar surface area (TPSA) is 163 Å². The number of nitrogens with zero attached hydrogens (tertiary/aromatic N) is 3. The third-order valence-corrected chi connectivity index (χ3v) is 6.77. The van der Waals surface area contributed by atoms with E-state index in [2.05, 4.69) is 19.5 Å². The van der Waals surface area contributed by atoms with Crippen LogP contribution in [0, 0.1) is 5.92 Å². The number of ketones is 1. The van der Waals surface area contributed by atoms with E-state index in [1.165, 1.54) is 12.5 Å². The maximum absolute atomic E-state index is 14.8. The molecule has 0 bridgehead atoms. The molecule has 4 aromatic rings. The van der Waals surface area contributed by atoms with Crippen molar-refractivity contribution < 1.29 is 31.3 Å². The van der Waals surface area contributed by atoms with Crippen LogP contribution in [-0.2, 0) is 21.0 Å². The predicted octanol–water partition coefficient (Wildman–Crippen LogP) is 2.02. The second kappa shape index (κ2) is 10.0. The minimum Gasteiger partial charge on any atom is -0.459 e. The lowest BCUT2D eigenvalue weighted by Crippen LogP contribution is -2.33. The molecular weight excluding hydrogens is 505 g/mol. The zero-order valence-electron chi connectivity index (χ0n) is 19.4. The molecule has 11 nitrogen and oxygen atoms in total. The zero-order chi connectivity index (χ0) is 26.2. The molecule has 1 aromatic carbocycles. The van der Waals surface area contributed by atoms with Crippen molar-refractivity contribution in [3.8, 4) is 0 Å². The van der Waals surface area contributed by atoms with Gasteiger partial charge in [0.1, 0.15) is 29.7 Å². The van der Waals surface area contributed by atoms with E-state index in [0.29, 0.717) is 12.1 Å². The number of fused-ring (bicyclic) bond motifs is 1. The number of aliphatic hydroxyl groups is 1. The van der Waals surface area contributed by atoms with Gasteiger partial charge in [0.05, 0.1) is 30.9 Å². The second-order valence-corrected chi connectivity index (χ2v) is 10.1. The fourth-order valence-corrected chi connectivity index (χ4v) is 4.86. The van der Waals surface area contributed by atoms with E-state index in [4.69, 9.17) is 9.56 Å². The Morgan fingerprint density at radius 1 is 1.32 bits per heavy atom. The average Bonchev–Trinajstić information content (AvgIpc) is 3.56. The minimum absolute atomic E-state index is 0.0311. The Kier molecular flexibility index (Phi) is 6.77. The van der Waals surface area contributed by atoms with Crippen molar-refractivity contribution >= 4 is 32.9 Å². The number of hydrogen-bond acceptors (Lipinski definition) is 9. The monoisotopic (exact) mass is 529 g/mol. The third-order valence-electron chi connectivity index (χ3n) is 6.30. The summed E-state index contributed by atoms with van der Waals surface area (Å²) in [5, 5.41) is 18.9. The summed E-state index contributed by atoms with van der Waals surface area (Å²) in [6.07, 6.45) is 2.76. The molecular formula is C24H24FN5O6S. The number of nitrogens with two attached hydrogens (primary N) is 1. The number of aliphatic hydroxyl groups excluding tert-OH is 1. The molecule has 0 radical (unpaired) electrons. The molecule has 3 heterocycles. The van der Waals surface area contributed by atoms with E-state index < -0.39 is 41.1 Å². The van der Waals surface area contributed by atoms with Crippen LogP contribution in [0.5, 0.6) is 0 Å². The van der Waals surface area contributed by atoms with Crippen LogP contribution in [0.25, 0.3) is 11.0 Å². The SMILES string of the molecule is NS(=O)(=O)OC[C@H]1C[C@@H](Nc2ncncc2C(=O)c2ccn(Cc3cc4ccccc4o3)c2)[C@@H](F)[C@@H]1O. The van der Waals surface area contributed by atoms with Gasteiger partial charge in [-0.1, -0.05) is 18.2 Å². The van der Waals surface area contributed by atoms with Crippen LogP contribution in [0.1, 0.15) is 28.1 Å². The highest BCUT2D eigenvalue weighted by atomic mass is 32.2. The minimum atomic E-state index is -4.23. The van der Waals surface area contributed by atoms with Crippen LogP contribution in [0.2, 0.25) is 0 Å². The first-order chi connectivity index (χ1) is 17.7. The Morgan fingerprint density at radius 3 is 2.92 bits per heavy atom. The maximum Gasteiger partial charge on any atom is 0.333 e. The summed E-state index contributed by atoms with van der Waals surface area (Å²) in [5.41, 5.74) is 1.27. The summed E-state index contributed by atoms with van der Waals surface area (Å²) in [6.45, 7) is -0.0449. The largest absolute Gasteiger partial charge is 0.459 e. The Balaban J connectivity index is 1.29. The zero-order valence-corrected chi connectivity index (χ0v) is 20.2. The Labute approximate surface area is 211 Å². The van der Waals surface area contributed by atoms with Gasteiger partial charge in [0, 0.05) is 35.5 Å². The van der Waals surface area contributed by atoms with Crippen molar-refractivity contribution in [1.82, 2.24) is 14.5 Å². The number of furan rings is 1. The van der Waals surface area contributed by atoms with Crippen LogP contribution >= 0.6 is 0 Å². The van der Waals surface area contributed by atoms with E-state index in [-0.39, 0.29) is 23.6 Å². The summed E-state index contributed by atoms with van der Waals surface area (Å²) in [6, 6.07) is 10.3. The number of halogens is 1. The lowest BCUT2D eigenvalue weighted by molar-refractivity contribution is 0.0501. The number of carbonyl (C=O) groups excluding carboxylic acids is 1. The lowest BCUT2D eigenvalue weighted by Gasteiger charge is -2.18. The summed E-state index contributed by atoms with van der Waals surface area (Å²) in [7, 11) is -4.23. The Hall–Kier alpha value is -3.65. The van der Waals surface area contributed by atoms with E-state index in [9.17, 15) is 22.7 Å². The van der Waals surface area contributed by atoms with Crippen molar-refractivity contribution in [3.63, 3.8) is 0 Å². The summed E-state index contributed by atoms with van der Waals surface area (Å²) >= 11 is 0. The highest BCUT2D eigenvalue weighted by Gasteiger charge is 2.44. The van der Waals surface area contributed by atoms with Gasteiger partial charge in [0.25, 0.3) is 0 Å². The summed E-state index contributed by atoms with van der Waals surface area (Å²) in [5.74, 6) is -0.373. The molecule has 4 atom stereocenters. The van der Waals surface area contributed by atoms with E-state index >= 15 is 0 Å². The van der Waals surface area contributed by atoms with Gasteiger partial charge in [-0.3, -0.25) is 8.98 Å². The quantitative estimate of drug-likeness (QED) is 0.275. The number of nitrogens with one attached hydrogen (secondary N) is 1. The standard InChI is InChI=1S/C24H24FN5O6S/c25-21-19(8-16(23(21)32)12-35-37(26,33)34)29-24-18(9-27-13-28-24)22(31)15-5-6-30(10-15)11-17-7-14-3-1-2-4-20(14)36-17/h1-7,9-10,13,16,19,21,23,32H,8,11-12H2,(H2,26,33,34)(H,27,28,29)/t16-,19-,21-,23-/m1/s1. The Bertz CT molecular complexity index is 1500. The van der Waals surface area contributed by atoms with Crippen molar-refractivity contribution in [2.75, 3.05) is 11.9 Å².